The molecule has 0 aliphatic heterocycles. The Hall–Kier alpha value is -2.95. The van der Waals surface area contributed by atoms with Crippen molar-refractivity contribution in [3.05, 3.63) is 65.2 Å². The molecule has 0 aromatic heterocycles. The predicted octanol–water partition coefficient (Wildman–Crippen LogP) is 5.08. The summed E-state index contributed by atoms with van der Waals surface area (Å²) in [5.41, 5.74) is 6.56. The highest BCUT2D eigenvalue weighted by Gasteiger charge is 2.09. The lowest BCUT2D eigenvalue weighted by Crippen LogP contribution is -2.20. The van der Waals surface area contributed by atoms with Crippen LogP contribution in [0, 0.1) is 6.92 Å². The Morgan fingerprint density at radius 3 is 2.18 bits per heavy atom. The van der Waals surface area contributed by atoms with E-state index in [-0.39, 0.29) is 11.8 Å². The number of nitrogens with zero attached hydrogens (tertiary/aromatic N) is 1. The zero-order chi connectivity index (χ0) is 19.8. The molecule has 0 heterocycles. The van der Waals surface area contributed by atoms with Crippen molar-refractivity contribution in [2.45, 2.75) is 51.9 Å². The second-order valence-electron chi connectivity index (χ2n) is 7.29. The number of hydrogen-bond donors (Lipinski definition) is 2. The molecule has 0 bridgehead atoms. The maximum absolute atomic E-state index is 12.3. The molecule has 2 aromatic rings. The summed E-state index contributed by atoms with van der Waals surface area (Å²) in [6, 6.07) is 14.3. The van der Waals surface area contributed by atoms with E-state index in [1.165, 1.54) is 19.3 Å². The third-order valence-electron chi connectivity index (χ3n) is 4.93. The molecule has 0 unspecified atom stereocenters. The lowest BCUT2D eigenvalue weighted by atomic mass is 9.99. The Morgan fingerprint density at radius 1 is 0.821 bits per heavy atom. The van der Waals surface area contributed by atoms with Gasteiger partial charge < -0.3 is 5.32 Å². The Kier molecular flexibility index (Phi) is 6.95. The van der Waals surface area contributed by atoms with Crippen LogP contribution in [0.15, 0.2) is 53.6 Å². The van der Waals surface area contributed by atoms with Gasteiger partial charge in [0.15, 0.2) is 0 Å². The van der Waals surface area contributed by atoms with Crippen molar-refractivity contribution in [1.82, 2.24) is 5.43 Å². The lowest BCUT2D eigenvalue weighted by molar-refractivity contribution is 0.0954. The van der Waals surface area contributed by atoms with Crippen LogP contribution in [-0.2, 0) is 0 Å². The molecule has 1 saturated carbocycles. The molecule has 5 nitrogen and oxygen atoms in total. The minimum absolute atomic E-state index is 0.170. The third kappa shape index (κ3) is 5.78. The average molecular weight is 377 g/mol. The molecule has 0 radical (unpaired) electrons. The summed E-state index contributed by atoms with van der Waals surface area (Å²) < 4.78 is 0. The summed E-state index contributed by atoms with van der Waals surface area (Å²) in [5.74, 6) is -0.400. The van der Waals surface area contributed by atoms with Crippen molar-refractivity contribution in [3.8, 4) is 0 Å². The van der Waals surface area contributed by atoms with E-state index >= 15 is 0 Å². The van der Waals surface area contributed by atoms with Crippen LogP contribution >= 0.6 is 0 Å². The number of carbonyl (C=O) groups excluding carboxylic acids is 2. The first-order valence-electron chi connectivity index (χ1n) is 9.96. The van der Waals surface area contributed by atoms with Crippen LogP contribution in [0.4, 0.5) is 5.69 Å². The molecule has 0 saturated heterocycles. The van der Waals surface area contributed by atoms with Gasteiger partial charge in [0.25, 0.3) is 11.8 Å². The van der Waals surface area contributed by atoms with E-state index in [4.69, 9.17) is 0 Å². The summed E-state index contributed by atoms with van der Waals surface area (Å²) >= 11 is 0. The molecule has 2 aromatic carbocycles. The predicted molar refractivity (Wildman–Crippen MR) is 113 cm³/mol. The second kappa shape index (κ2) is 9.83. The number of nitrogens with one attached hydrogen (secondary N) is 2. The van der Waals surface area contributed by atoms with E-state index in [1.807, 2.05) is 25.1 Å². The van der Waals surface area contributed by atoms with E-state index < -0.39 is 0 Å². The van der Waals surface area contributed by atoms with Gasteiger partial charge in [-0.2, -0.15) is 5.10 Å². The number of hydrogen-bond acceptors (Lipinski definition) is 3. The minimum Gasteiger partial charge on any atom is -0.322 e. The number of anilines is 1. The Labute approximate surface area is 166 Å². The first-order chi connectivity index (χ1) is 13.6. The molecule has 0 spiro atoms. The van der Waals surface area contributed by atoms with Crippen molar-refractivity contribution in [2.75, 3.05) is 5.32 Å². The van der Waals surface area contributed by atoms with Crippen molar-refractivity contribution >= 4 is 23.2 Å². The maximum Gasteiger partial charge on any atom is 0.271 e. The Balaban J connectivity index is 1.57. The van der Waals surface area contributed by atoms with Gasteiger partial charge in [-0.1, -0.05) is 37.0 Å². The van der Waals surface area contributed by atoms with Crippen LogP contribution < -0.4 is 10.7 Å². The molecule has 2 N–H and O–H groups in total. The van der Waals surface area contributed by atoms with Crippen molar-refractivity contribution in [1.29, 1.82) is 0 Å². The first-order valence-corrected chi connectivity index (χ1v) is 9.96. The molecular weight excluding hydrogens is 350 g/mol. The van der Waals surface area contributed by atoms with Crippen LogP contribution in [0.1, 0.15) is 71.2 Å². The van der Waals surface area contributed by atoms with Gasteiger partial charge in [-0.05, 0) is 69.0 Å². The zero-order valence-electron chi connectivity index (χ0n) is 16.3. The Bertz CT molecular complexity index is 846. The van der Waals surface area contributed by atoms with Crippen LogP contribution in [0.25, 0.3) is 0 Å². The van der Waals surface area contributed by atoms with Crippen LogP contribution in [0.5, 0.6) is 0 Å². The summed E-state index contributed by atoms with van der Waals surface area (Å²) in [5, 5.41) is 7.18. The fourth-order valence-corrected chi connectivity index (χ4v) is 3.31. The fourth-order valence-electron chi connectivity index (χ4n) is 3.31. The molecule has 28 heavy (non-hydrogen) atoms. The maximum atomic E-state index is 12.3. The highest BCUT2D eigenvalue weighted by atomic mass is 16.2. The van der Waals surface area contributed by atoms with Gasteiger partial charge in [0.05, 0.1) is 0 Å². The van der Waals surface area contributed by atoms with E-state index in [2.05, 4.69) is 15.8 Å². The second-order valence-corrected chi connectivity index (χ2v) is 7.29. The average Bonchev–Trinajstić information content (AvgIpc) is 2.67. The number of carbonyl (C=O) groups is 2. The van der Waals surface area contributed by atoms with Crippen molar-refractivity contribution < 1.29 is 9.59 Å². The molecular formula is C23H27N3O2. The molecule has 1 fully saturated rings. The van der Waals surface area contributed by atoms with E-state index in [9.17, 15) is 9.59 Å². The van der Waals surface area contributed by atoms with Crippen molar-refractivity contribution in [2.24, 2.45) is 5.10 Å². The van der Waals surface area contributed by atoms with Crippen LogP contribution in [0.2, 0.25) is 0 Å². The van der Waals surface area contributed by atoms with Gasteiger partial charge in [-0.3, -0.25) is 9.59 Å². The molecule has 0 atom stereocenters. The number of amides is 2. The normalized spacial score (nSPS) is 14.5. The largest absolute Gasteiger partial charge is 0.322 e. The molecule has 146 valence electrons. The first kappa shape index (κ1) is 19.8. The standard InChI is InChI=1S/C23H27N3O2/c1-17-8-7-9-19(16-17)22(27)24-20-14-12-18(13-15-20)23(28)26-25-21-10-5-3-2-4-6-11-21/h7-9,12-16H,2-6,10-11H2,1H3,(H,24,27)(H,26,28). The Morgan fingerprint density at radius 2 is 1.50 bits per heavy atom. The van der Waals surface area contributed by atoms with Crippen LogP contribution in [-0.4, -0.2) is 17.5 Å². The molecule has 1 aliphatic carbocycles. The van der Waals surface area contributed by atoms with Crippen LogP contribution in [0.3, 0.4) is 0 Å². The smallest absolute Gasteiger partial charge is 0.271 e. The minimum atomic E-state index is -0.230. The third-order valence-corrected chi connectivity index (χ3v) is 4.93. The molecule has 1 aliphatic rings. The molecule has 2 amide bonds. The number of hydrazone groups is 1. The lowest BCUT2D eigenvalue weighted by Gasteiger charge is -2.11. The number of aryl methyl sites for hydroxylation is 1. The quantitative estimate of drug-likeness (QED) is 0.730. The highest BCUT2D eigenvalue weighted by molar-refractivity contribution is 6.04. The van der Waals surface area contributed by atoms with Crippen molar-refractivity contribution in [3.63, 3.8) is 0 Å². The van der Waals surface area contributed by atoms with Gasteiger partial charge in [0.2, 0.25) is 0 Å². The molecule has 5 heteroatoms. The monoisotopic (exact) mass is 377 g/mol. The zero-order valence-corrected chi connectivity index (χ0v) is 16.3. The van der Waals surface area contributed by atoms with Gasteiger partial charge in [-0.15, -0.1) is 0 Å². The van der Waals surface area contributed by atoms with Gasteiger partial charge in [0.1, 0.15) is 0 Å². The summed E-state index contributed by atoms with van der Waals surface area (Å²) in [7, 11) is 0. The SMILES string of the molecule is Cc1cccc(C(=O)Nc2ccc(C(=O)NN=C3CCCCCCC3)cc2)c1. The summed E-state index contributed by atoms with van der Waals surface area (Å²) in [6.07, 6.45) is 7.99. The fraction of sp³-hybridized carbons (Fsp3) is 0.348. The van der Waals surface area contributed by atoms with E-state index in [0.29, 0.717) is 16.8 Å². The molecule has 3 rings (SSSR count). The van der Waals surface area contributed by atoms with Gasteiger partial charge in [0, 0.05) is 22.5 Å². The van der Waals surface area contributed by atoms with E-state index in [1.54, 1.807) is 30.3 Å². The highest BCUT2D eigenvalue weighted by Crippen LogP contribution is 2.15. The topological polar surface area (TPSA) is 70.6 Å². The summed E-state index contributed by atoms with van der Waals surface area (Å²) in [6.45, 7) is 1.95. The van der Waals surface area contributed by atoms with E-state index in [0.717, 1.165) is 37.0 Å². The van der Waals surface area contributed by atoms with Gasteiger partial charge >= 0.3 is 0 Å². The van der Waals surface area contributed by atoms with Gasteiger partial charge in [-0.25, -0.2) is 5.43 Å². The number of rotatable bonds is 4. The summed E-state index contributed by atoms with van der Waals surface area (Å²) in [4.78, 5) is 24.6. The number of benzene rings is 2.